The highest BCUT2D eigenvalue weighted by Crippen LogP contribution is 2.24. The van der Waals surface area contributed by atoms with Crippen molar-refractivity contribution in [2.75, 3.05) is 14.2 Å². The molecule has 0 saturated carbocycles. The molecular weight excluding hydrogens is 352 g/mol. The van der Waals surface area contributed by atoms with E-state index in [9.17, 15) is 4.79 Å². The summed E-state index contributed by atoms with van der Waals surface area (Å²) in [6.07, 6.45) is 0. The van der Waals surface area contributed by atoms with Gasteiger partial charge in [-0.1, -0.05) is 30.3 Å². The summed E-state index contributed by atoms with van der Waals surface area (Å²) in [5.41, 5.74) is 4.82. The quantitative estimate of drug-likeness (QED) is 0.673. The van der Waals surface area contributed by atoms with Crippen molar-refractivity contribution in [2.45, 2.75) is 26.9 Å². The minimum Gasteiger partial charge on any atom is -0.497 e. The summed E-state index contributed by atoms with van der Waals surface area (Å²) in [6.45, 7) is 5.14. The monoisotopic (exact) mass is 378 g/mol. The van der Waals surface area contributed by atoms with E-state index in [4.69, 9.17) is 9.47 Å². The fourth-order valence-electron chi connectivity index (χ4n) is 3.31. The van der Waals surface area contributed by atoms with Crippen LogP contribution in [0.25, 0.3) is 0 Å². The summed E-state index contributed by atoms with van der Waals surface area (Å²) in [5.74, 6) is 1.32. The van der Waals surface area contributed by atoms with Crippen LogP contribution in [0.1, 0.15) is 32.9 Å². The summed E-state index contributed by atoms with van der Waals surface area (Å²) < 4.78 is 12.8. The largest absolute Gasteiger partial charge is 0.497 e. The molecule has 146 valence electrons. The van der Waals surface area contributed by atoms with Gasteiger partial charge in [0.1, 0.15) is 11.5 Å². The van der Waals surface area contributed by atoms with Crippen molar-refractivity contribution < 1.29 is 14.3 Å². The first-order valence-electron chi connectivity index (χ1n) is 9.23. The molecule has 0 atom stereocenters. The fraction of sp³-hybridized carbons (Fsp3) is 0.261. The molecule has 0 unspecified atom stereocenters. The standard InChI is InChI=1S/C23H26N2O3/c1-16-12-21(17(2)25(16)15-18-8-6-5-7-9-18)23(26)24-14-19-10-11-20(27-3)13-22(19)28-4/h5-13H,14-15H2,1-4H3,(H,24,26). The zero-order valence-electron chi connectivity index (χ0n) is 16.8. The second kappa shape index (κ2) is 8.65. The molecule has 5 heteroatoms. The molecule has 0 aliphatic heterocycles. The zero-order chi connectivity index (χ0) is 20.1. The lowest BCUT2D eigenvalue weighted by Gasteiger charge is -2.12. The third-order valence-electron chi connectivity index (χ3n) is 4.94. The number of ether oxygens (including phenoxy) is 2. The second-order valence-corrected chi connectivity index (χ2v) is 6.72. The number of nitrogens with zero attached hydrogens (tertiary/aromatic N) is 1. The molecule has 0 aliphatic carbocycles. The Labute approximate surface area is 165 Å². The first-order chi connectivity index (χ1) is 13.5. The first kappa shape index (κ1) is 19.5. The lowest BCUT2D eigenvalue weighted by Crippen LogP contribution is -2.23. The minimum atomic E-state index is -0.0923. The smallest absolute Gasteiger partial charge is 0.253 e. The van der Waals surface area contributed by atoms with E-state index in [0.717, 1.165) is 29.2 Å². The van der Waals surface area contributed by atoms with E-state index in [-0.39, 0.29) is 5.91 Å². The Balaban J connectivity index is 1.74. The number of carbonyl (C=O) groups is 1. The molecule has 5 nitrogen and oxygen atoms in total. The Kier molecular flexibility index (Phi) is 6.04. The van der Waals surface area contributed by atoms with Gasteiger partial charge in [-0.3, -0.25) is 4.79 Å². The molecule has 1 heterocycles. The number of nitrogens with one attached hydrogen (secondary N) is 1. The molecule has 3 rings (SSSR count). The molecule has 3 aromatic rings. The number of aromatic nitrogens is 1. The number of benzene rings is 2. The summed E-state index contributed by atoms with van der Waals surface area (Å²) in [7, 11) is 3.22. The predicted molar refractivity (Wildman–Crippen MR) is 110 cm³/mol. The molecule has 0 saturated heterocycles. The van der Waals surface area contributed by atoms with Crippen LogP contribution in [0.2, 0.25) is 0 Å². The van der Waals surface area contributed by atoms with Crippen LogP contribution in [0.3, 0.4) is 0 Å². The van der Waals surface area contributed by atoms with E-state index in [2.05, 4.69) is 22.0 Å². The number of hydrogen-bond acceptors (Lipinski definition) is 3. The predicted octanol–water partition coefficient (Wildman–Crippen LogP) is 4.10. The number of aryl methyl sites for hydroxylation is 1. The van der Waals surface area contributed by atoms with Gasteiger partial charge in [-0.25, -0.2) is 0 Å². The van der Waals surface area contributed by atoms with Crippen molar-refractivity contribution in [1.82, 2.24) is 9.88 Å². The maximum Gasteiger partial charge on any atom is 0.253 e. The van der Waals surface area contributed by atoms with Gasteiger partial charge in [0.05, 0.1) is 19.8 Å². The highest BCUT2D eigenvalue weighted by atomic mass is 16.5. The van der Waals surface area contributed by atoms with Crippen LogP contribution in [0.5, 0.6) is 11.5 Å². The van der Waals surface area contributed by atoms with Crippen molar-refractivity contribution in [2.24, 2.45) is 0 Å². The minimum absolute atomic E-state index is 0.0923. The van der Waals surface area contributed by atoms with Crippen LogP contribution in [0.4, 0.5) is 0 Å². The van der Waals surface area contributed by atoms with Gasteiger partial charge >= 0.3 is 0 Å². The molecule has 0 radical (unpaired) electrons. The van der Waals surface area contributed by atoms with E-state index in [1.165, 1.54) is 5.56 Å². The zero-order valence-corrected chi connectivity index (χ0v) is 16.8. The van der Waals surface area contributed by atoms with Gasteiger partial charge in [-0.2, -0.15) is 0 Å². The lowest BCUT2D eigenvalue weighted by atomic mass is 10.1. The van der Waals surface area contributed by atoms with Crippen molar-refractivity contribution in [3.8, 4) is 11.5 Å². The number of methoxy groups -OCH3 is 2. The van der Waals surface area contributed by atoms with Gasteiger partial charge in [0.15, 0.2) is 0 Å². The second-order valence-electron chi connectivity index (χ2n) is 6.72. The van der Waals surface area contributed by atoms with Gasteiger partial charge in [0.2, 0.25) is 0 Å². The number of amides is 1. The van der Waals surface area contributed by atoms with Gasteiger partial charge in [0.25, 0.3) is 5.91 Å². The molecule has 0 fully saturated rings. The third-order valence-corrected chi connectivity index (χ3v) is 4.94. The van der Waals surface area contributed by atoms with E-state index < -0.39 is 0 Å². The molecular formula is C23H26N2O3. The van der Waals surface area contributed by atoms with E-state index in [1.807, 2.05) is 56.3 Å². The summed E-state index contributed by atoms with van der Waals surface area (Å²) in [5, 5.41) is 3.00. The molecule has 0 spiro atoms. The molecule has 0 bridgehead atoms. The Bertz CT molecular complexity index is 961. The number of rotatable bonds is 7. The average Bonchev–Trinajstić information content (AvgIpc) is 3.01. The molecule has 1 amide bonds. The van der Waals surface area contributed by atoms with Crippen LogP contribution in [0, 0.1) is 13.8 Å². The third kappa shape index (κ3) is 4.19. The summed E-state index contributed by atoms with van der Waals surface area (Å²) in [6, 6.07) is 17.8. The fourth-order valence-corrected chi connectivity index (χ4v) is 3.31. The lowest BCUT2D eigenvalue weighted by molar-refractivity contribution is 0.0950. The SMILES string of the molecule is COc1ccc(CNC(=O)c2cc(C)n(Cc3ccccc3)c2C)c(OC)c1. The topological polar surface area (TPSA) is 52.5 Å². The first-order valence-corrected chi connectivity index (χ1v) is 9.23. The molecule has 2 aromatic carbocycles. The molecule has 1 N–H and O–H groups in total. The highest BCUT2D eigenvalue weighted by Gasteiger charge is 2.16. The highest BCUT2D eigenvalue weighted by molar-refractivity contribution is 5.95. The van der Waals surface area contributed by atoms with Gasteiger partial charge in [-0.05, 0) is 37.6 Å². The Morgan fingerprint density at radius 2 is 1.75 bits per heavy atom. The summed E-state index contributed by atoms with van der Waals surface area (Å²) >= 11 is 0. The van der Waals surface area contributed by atoms with Crippen LogP contribution < -0.4 is 14.8 Å². The average molecular weight is 378 g/mol. The van der Waals surface area contributed by atoms with Gasteiger partial charge in [-0.15, -0.1) is 0 Å². The molecule has 1 aromatic heterocycles. The number of carbonyl (C=O) groups excluding carboxylic acids is 1. The van der Waals surface area contributed by atoms with E-state index >= 15 is 0 Å². The van der Waals surface area contributed by atoms with Crippen molar-refractivity contribution in [3.05, 3.63) is 82.7 Å². The van der Waals surface area contributed by atoms with Crippen molar-refractivity contribution >= 4 is 5.91 Å². The van der Waals surface area contributed by atoms with Crippen LogP contribution in [-0.2, 0) is 13.1 Å². The van der Waals surface area contributed by atoms with Crippen molar-refractivity contribution in [1.29, 1.82) is 0 Å². The van der Waals surface area contributed by atoms with Crippen molar-refractivity contribution in [3.63, 3.8) is 0 Å². The Hall–Kier alpha value is -3.21. The summed E-state index contributed by atoms with van der Waals surface area (Å²) in [4.78, 5) is 12.8. The van der Waals surface area contributed by atoms with E-state index in [0.29, 0.717) is 17.9 Å². The number of hydrogen-bond donors (Lipinski definition) is 1. The van der Waals surface area contributed by atoms with Crippen LogP contribution in [-0.4, -0.2) is 24.7 Å². The normalized spacial score (nSPS) is 10.6. The maximum absolute atomic E-state index is 12.8. The van der Waals surface area contributed by atoms with E-state index in [1.54, 1.807) is 14.2 Å². The molecule has 28 heavy (non-hydrogen) atoms. The van der Waals surface area contributed by atoms with Gasteiger partial charge in [0, 0.05) is 36.1 Å². The van der Waals surface area contributed by atoms with Crippen LogP contribution in [0.15, 0.2) is 54.6 Å². The van der Waals surface area contributed by atoms with Crippen LogP contribution >= 0.6 is 0 Å². The Morgan fingerprint density at radius 1 is 1.00 bits per heavy atom. The Morgan fingerprint density at radius 3 is 2.43 bits per heavy atom. The molecule has 0 aliphatic rings. The van der Waals surface area contributed by atoms with Gasteiger partial charge < -0.3 is 19.4 Å². The maximum atomic E-state index is 12.8.